The number of hydrogen-bond acceptors (Lipinski definition) is 5. The van der Waals surface area contributed by atoms with Crippen molar-refractivity contribution >= 4 is 63.9 Å². The van der Waals surface area contributed by atoms with Crippen molar-refractivity contribution in [1.29, 1.82) is 0 Å². The zero-order valence-corrected chi connectivity index (χ0v) is 19.6. The molecule has 1 N–H and O–H groups in total. The number of fused-ring (bicyclic) bond motifs is 1. The first-order valence-corrected chi connectivity index (χ1v) is 11.3. The summed E-state index contributed by atoms with van der Waals surface area (Å²) < 4.78 is 0. The van der Waals surface area contributed by atoms with Gasteiger partial charge in [0.1, 0.15) is 6.54 Å². The van der Waals surface area contributed by atoms with Gasteiger partial charge in [0, 0.05) is 31.2 Å². The molecule has 7 nitrogen and oxygen atoms in total. The summed E-state index contributed by atoms with van der Waals surface area (Å²) in [5.41, 5.74) is 1.65. The standard InChI is InChI=1S/C22H21Cl3N4O3/c1-2-27-5-7-28(8-6-27)19-4-3-13(23)9-18(19)26-20(30)12-29-21(31)14-10-16(24)17(25)11-15(14)22(29)32/h3-4,9-11H,2,5-8,12H2,1H3,(H,26,30). The molecule has 0 aromatic heterocycles. The fourth-order valence-corrected chi connectivity index (χ4v) is 4.45. The number of anilines is 2. The van der Waals surface area contributed by atoms with E-state index >= 15 is 0 Å². The van der Waals surface area contributed by atoms with Gasteiger partial charge in [0.05, 0.1) is 32.5 Å². The molecular formula is C22H21Cl3N4O3. The molecule has 0 bridgehead atoms. The largest absolute Gasteiger partial charge is 0.367 e. The number of benzene rings is 2. The zero-order valence-electron chi connectivity index (χ0n) is 17.3. The SMILES string of the molecule is CCN1CCN(c2ccc(Cl)cc2NC(=O)CN2C(=O)c3cc(Cl)c(Cl)cc3C2=O)CC1. The van der Waals surface area contributed by atoms with Gasteiger partial charge < -0.3 is 15.1 Å². The maximum absolute atomic E-state index is 12.8. The Kier molecular flexibility index (Phi) is 6.62. The van der Waals surface area contributed by atoms with Crippen LogP contribution in [0.3, 0.4) is 0 Å². The number of nitrogens with zero attached hydrogens (tertiary/aromatic N) is 3. The van der Waals surface area contributed by atoms with Crippen molar-refractivity contribution in [3.05, 3.63) is 56.5 Å². The molecule has 0 radical (unpaired) electrons. The number of carbonyl (C=O) groups is 3. The number of halogens is 3. The lowest BCUT2D eigenvalue weighted by Gasteiger charge is -2.36. The van der Waals surface area contributed by atoms with E-state index in [1.165, 1.54) is 12.1 Å². The summed E-state index contributed by atoms with van der Waals surface area (Å²) in [5.74, 6) is -1.67. The number of nitrogens with one attached hydrogen (secondary N) is 1. The Morgan fingerprint density at radius 3 is 2.09 bits per heavy atom. The molecule has 10 heteroatoms. The highest BCUT2D eigenvalue weighted by atomic mass is 35.5. The number of imide groups is 1. The molecule has 2 aliphatic rings. The number of piperazine rings is 1. The van der Waals surface area contributed by atoms with Crippen LogP contribution in [0.2, 0.25) is 15.1 Å². The van der Waals surface area contributed by atoms with Crippen LogP contribution in [0.15, 0.2) is 30.3 Å². The minimum Gasteiger partial charge on any atom is -0.367 e. The number of hydrogen-bond donors (Lipinski definition) is 1. The van der Waals surface area contributed by atoms with Crippen LogP contribution in [0.4, 0.5) is 11.4 Å². The summed E-state index contributed by atoms with van der Waals surface area (Å²) in [6.07, 6.45) is 0. The normalized spacial score (nSPS) is 16.5. The third kappa shape index (κ3) is 4.43. The van der Waals surface area contributed by atoms with Crippen molar-refractivity contribution in [2.45, 2.75) is 6.92 Å². The Morgan fingerprint density at radius 2 is 1.53 bits per heavy atom. The lowest BCUT2D eigenvalue weighted by Crippen LogP contribution is -2.46. The zero-order chi connectivity index (χ0) is 23.0. The van der Waals surface area contributed by atoms with Crippen molar-refractivity contribution in [2.24, 2.45) is 0 Å². The number of likely N-dealkylation sites (N-methyl/N-ethyl adjacent to an activating group) is 1. The number of amides is 3. The summed E-state index contributed by atoms with van der Waals surface area (Å²) in [5, 5.41) is 3.63. The molecule has 0 aliphatic carbocycles. The average Bonchev–Trinajstić information content (AvgIpc) is 2.98. The molecule has 4 rings (SSSR count). The van der Waals surface area contributed by atoms with Crippen LogP contribution in [-0.2, 0) is 4.79 Å². The van der Waals surface area contributed by atoms with Crippen LogP contribution in [-0.4, -0.2) is 66.8 Å². The maximum atomic E-state index is 12.8. The second-order valence-corrected chi connectivity index (χ2v) is 8.89. The van der Waals surface area contributed by atoms with Crippen LogP contribution >= 0.6 is 34.8 Å². The second-order valence-electron chi connectivity index (χ2n) is 7.64. The molecule has 3 amide bonds. The monoisotopic (exact) mass is 494 g/mol. The van der Waals surface area contributed by atoms with Crippen LogP contribution in [0.1, 0.15) is 27.6 Å². The third-order valence-electron chi connectivity index (χ3n) is 5.71. The smallest absolute Gasteiger partial charge is 0.262 e. The minimum absolute atomic E-state index is 0.134. The second kappa shape index (κ2) is 9.27. The van der Waals surface area contributed by atoms with Gasteiger partial charge in [0.25, 0.3) is 11.8 Å². The van der Waals surface area contributed by atoms with Crippen LogP contribution in [0.25, 0.3) is 0 Å². The molecule has 2 aromatic rings. The summed E-state index contributed by atoms with van der Waals surface area (Å²) >= 11 is 18.1. The van der Waals surface area contributed by atoms with Gasteiger partial charge in [-0.05, 0) is 36.9 Å². The van der Waals surface area contributed by atoms with Gasteiger partial charge in [0.15, 0.2) is 0 Å². The van der Waals surface area contributed by atoms with Crippen molar-refractivity contribution in [3.8, 4) is 0 Å². The first kappa shape index (κ1) is 22.9. The minimum atomic E-state index is -0.583. The van der Waals surface area contributed by atoms with Gasteiger partial charge in [-0.2, -0.15) is 0 Å². The molecule has 0 saturated carbocycles. The van der Waals surface area contributed by atoms with Crippen LogP contribution < -0.4 is 10.2 Å². The number of rotatable bonds is 5. The molecule has 32 heavy (non-hydrogen) atoms. The Labute approximate surface area is 200 Å². The van der Waals surface area contributed by atoms with Crippen molar-refractivity contribution in [1.82, 2.24) is 9.80 Å². The molecule has 0 spiro atoms. The molecule has 2 aromatic carbocycles. The average molecular weight is 496 g/mol. The lowest BCUT2D eigenvalue weighted by molar-refractivity contribution is -0.116. The van der Waals surface area contributed by atoms with E-state index in [4.69, 9.17) is 34.8 Å². The molecule has 0 atom stereocenters. The predicted octanol–water partition coefficient (Wildman–Crippen LogP) is 4.02. The van der Waals surface area contributed by atoms with Gasteiger partial charge in [-0.15, -0.1) is 0 Å². The molecule has 1 fully saturated rings. The van der Waals surface area contributed by atoms with Gasteiger partial charge in [-0.25, -0.2) is 0 Å². The summed E-state index contributed by atoms with van der Waals surface area (Å²) in [6.45, 7) is 6.17. The molecule has 168 valence electrons. The Balaban J connectivity index is 1.50. The highest BCUT2D eigenvalue weighted by molar-refractivity contribution is 6.43. The van der Waals surface area contributed by atoms with Crippen molar-refractivity contribution in [2.75, 3.05) is 49.5 Å². The van der Waals surface area contributed by atoms with E-state index in [1.807, 2.05) is 6.07 Å². The van der Waals surface area contributed by atoms with Crippen molar-refractivity contribution in [3.63, 3.8) is 0 Å². The first-order chi connectivity index (χ1) is 15.3. The maximum Gasteiger partial charge on any atom is 0.262 e. The van der Waals surface area contributed by atoms with Gasteiger partial charge in [0.2, 0.25) is 5.91 Å². The molecule has 0 unspecified atom stereocenters. The number of carbonyl (C=O) groups excluding carboxylic acids is 3. The fraction of sp³-hybridized carbons (Fsp3) is 0.318. The van der Waals surface area contributed by atoms with Crippen LogP contribution in [0.5, 0.6) is 0 Å². The van der Waals surface area contributed by atoms with E-state index in [1.54, 1.807) is 12.1 Å². The predicted molar refractivity (Wildman–Crippen MR) is 126 cm³/mol. The van der Waals surface area contributed by atoms with Crippen LogP contribution in [0, 0.1) is 0 Å². The summed E-state index contributed by atoms with van der Waals surface area (Å²) in [6, 6.07) is 8.01. The molecule has 1 saturated heterocycles. The quantitative estimate of drug-likeness (QED) is 0.634. The summed E-state index contributed by atoms with van der Waals surface area (Å²) in [4.78, 5) is 43.6. The Morgan fingerprint density at radius 1 is 0.938 bits per heavy atom. The fourth-order valence-electron chi connectivity index (χ4n) is 3.95. The van der Waals surface area contributed by atoms with Gasteiger partial charge in [-0.1, -0.05) is 41.7 Å². The Bertz CT molecular complexity index is 1060. The van der Waals surface area contributed by atoms with E-state index in [0.29, 0.717) is 10.7 Å². The molecule has 2 heterocycles. The van der Waals surface area contributed by atoms with E-state index in [-0.39, 0.29) is 21.2 Å². The highest BCUT2D eigenvalue weighted by Gasteiger charge is 2.37. The van der Waals surface area contributed by atoms with E-state index in [2.05, 4.69) is 22.0 Å². The molecular weight excluding hydrogens is 475 g/mol. The van der Waals surface area contributed by atoms with Crippen molar-refractivity contribution < 1.29 is 14.4 Å². The topological polar surface area (TPSA) is 73.0 Å². The van der Waals surface area contributed by atoms with E-state index in [0.717, 1.165) is 43.3 Å². The third-order valence-corrected chi connectivity index (χ3v) is 6.66. The first-order valence-electron chi connectivity index (χ1n) is 10.2. The van der Waals surface area contributed by atoms with Gasteiger partial charge >= 0.3 is 0 Å². The molecule has 2 aliphatic heterocycles. The highest BCUT2D eigenvalue weighted by Crippen LogP contribution is 2.32. The van der Waals surface area contributed by atoms with E-state index < -0.39 is 24.3 Å². The Hall–Kier alpha value is -2.32. The summed E-state index contributed by atoms with van der Waals surface area (Å²) in [7, 11) is 0. The lowest BCUT2D eigenvalue weighted by atomic mass is 10.1. The van der Waals surface area contributed by atoms with Gasteiger partial charge in [-0.3, -0.25) is 19.3 Å². The van der Waals surface area contributed by atoms with E-state index in [9.17, 15) is 14.4 Å².